The van der Waals surface area contributed by atoms with Gasteiger partial charge >= 0.3 is 0 Å². The number of rotatable bonds is 11. The van der Waals surface area contributed by atoms with Gasteiger partial charge in [0.05, 0.1) is 0 Å². The van der Waals surface area contributed by atoms with Crippen molar-refractivity contribution in [1.29, 1.82) is 0 Å². The molecular formula is C30H28Cl2N4O2. The monoisotopic (exact) mass is 546 g/mol. The average molecular weight is 547 g/mol. The molecule has 6 nitrogen and oxygen atoms in total. The van der Waals surface area contributed by atoms with Gasteiger partial charge in [-0.25, -0.2) is 0 Å². The molecule has 0 radical (unpaired) electrons. The van der Waals surface area contributed by atoms with E-state index in [1.807, 2.05) is 84.9 Å². The molecule has 0 fully saturated rings. The van der Waals surface area contributed by atoms with E-state index in [0.717, 1.165) is 11.1 Å². The van der Waals surface area contributed by atoms with Gasteiger partial charge in [0.1, 0.15) is 12.1 Å². The topological polar surface area (TPSA) is 82.3 Å². The van der Waals surface area contributed by atoms with Gasteiger partial charge in [-0.3, -0.25) is 9.59 Å². The first-order valence-corrected chi connectivity index (χ1v) is 12.9. The van der Waals surface area contributed by atoms with Crippen molar-refractivity contribution in [3.05, 3.63) is 130 Å². The minimum atomic E-state index is -0.624. The van der Waals surface area contributed by atoms with Crippen molar-refractivity contribution in [1.82, 2.24) is 10.6 Å². The molecule has 0 aliphatic carbocycles. The van der Waals surface area contributed by atoms with Crippen LogP contribution in [0.3, 0.4) is 0 Å². The summed E-state index contributed by atoms with van der Waals surface area (Å²) in [6.45, 7) is 0.830. The molecule has 0 aliphatic rings. The van der Waals surface area contributed by atoms with Gasteiger partial charge in [0.15, 0.2) is 0 Å². The highest BCUT2D eigenvalue weighted by Crippen LogP contribution is 2.21. The van der Waals surface area contributed by atoms with Crippen LogP contribution in [0.15, 0.2) is 109 Å². The maximum absolute atomic E-state index is 13.2. The van der Waals surface area contributed by atoms with Gasteiger partial charge in [-0.15, -0.1) is 0 Å². The van der Waals surface area contributed by atoms with Crippen LogP contribution in [-0.4, -0.2) is 24.9 Å². The number of amides is 2. The average Bonchev–Trinajstić information content (AvgIpc) is 2.93. The van der Waals surface area contributed by atoms with E-state index in [4.69, 9.17) is 23.2 Å². The molecule has 0 spiro atoms. The fourth-order valence-electron chi connectivity index (χ4n) is 3.94. The first kappa shape index (κ1) is 27.4. The van der Waals surface area contributed by atoms with Crippen molar-refractivity contribution in [2.24, 2.45) is 0 Å². The second-order valence-corrected chi connectivity index (χ2v) is 9.46. The molecule has 0 unspecified atom stereocenters. The molecule has 8 heteroatoms. The first-order valence-electron chi connectivity index (χ1n) is 12.2. The van der Waals surface area contributed by atoms with Crippen LogP contribution in [0.1, 0.15) is 23.2 Å². The van der Waals surface area contributed by atoms with E-state index in [-0.39, 0.29) is 11.8 Å². The number of nitrogens with one attached hydrogen (secondary N) is 4. The summed E-state index contributed by atoms with van der Waals surface area (Å²) in [4.78, 5) is 26.4. The molecule has 0 heterocycles. The molecule has 194 valence electrons. The van der Waals surface area contributed by atoms with Crippen molar-refractivity contribution >= 4 is 46.4 Å². The van der Waals surface area contributed by atoms with E-state index in [2.05, 4.69) is 21.3 Å². The predicted molar refractivity (Wildman–Crippen MR) is 155 cm³/mol. The van der Waals surface area contributed by atoms with Gasteiger partial charge in [0.2, 0.25) is 11.8 Å². The molecule has 4 aromatic rings. The fourth-order valence-corrected chi connectivity index (χ4v) is 4.19. The summed E-state index contributed by atoms with van der Waals surface area (Å²) in [6.07, 6.45) is 0. The lowest BCUT2D eigenvalue weighted by atomic mass is 10.1. The van der Waals surface area contributed by atoms with Crippen LogP contribution in [-0.2, 0) is 9.59 Å². The number of benzene rings is 4. The van der Waals surface area contributed by atoms with E-state index < -0.39 is 12.1 Å². The fraction of sp³-hybridized carbons (Fsp3) is 0.133. The highest BCUT2D eigenvalue weighted by atomic mass is 35.5. The van der Waals surface area contributed by atoms with Crippen LogP contribution in [0.5, 0.6) is 0 Å². The largest absolute Gasteiger partial charge is 0.324 e. The van der Waals surface area contributed by atoms with Crippen LogP contribution in [0, 0.1) is 0 Å². The summed E-state index contributed by atoms with van der Waals surface area (Å²) in [5.74, 6) is -0.399. The lowest BCUT2D eigenvalue weighted by Gasteiger charge is -2.22. The Labute approximate surface area is 232 Å². The standard InChI is InChI=1S/C30H28Cl2N4O2/c31-23-15-11-21(12-16-23)27(29(37)35-25-7-3-1-4-8-25)33-19-20-34-28(22-13-17-24(32)18-14-22)30(38)36-26-9-5-2-6-10-26/h1-18,27-28,33-34H,19-20H2,(H,35,37)(H,36,38)/t27-,28-/m1/s1. The minimum absolute atomic E-state index is 0.199. The molecule has 2 amide bonds. The lowest BCUT2D eigenvalue weighted by Crippen LogP contribution is -2.40. The Kier molecular flexibility index (Phi) is 9.90. The Bertz CT molecular complexity index is 1210. The molecule has 0 bridgehead atoms. The summed E-state index contributed by atoms with van der Waals surface area (Å²) in [6, 6.07) is 31.6. The molecule has 38 heavy (non-hydrogen) atoms. The molecule has 4 N–H and O–H groups in total. The molecule has 0 aliphatic heterocycles. The molecule has 0 saturated heterocycles. The molecular weight excluding hydrogens is 519 g/mol. The molecule has 0 aromatic heterocycles. The maximum Gasteiger partial charge on any atom is 0.246 e. The number of carbonyl (C=O) groups excluding carboxylic acids is 2. The predicted octanol–water partition coefficient (Wildman–Crippen LogP) is 6.23. The Morgan fingerprint density at radius 3 is 1.21 bits per heavy atom. The van der Waals surface area contributed by atoms with Crippen molar-refractivity contribution in [3.8, 4) is 0 Å². The van der Waals surface area contributed by atoms with Gasteiger partial charge in [0, 0.05) is 34.5 Å². The Hall–Kier alpha value is -3.68. The smallest absolute Gasteiger partial charge is 0.246 e. The number of hydrogen-bond donors (Lipinski definition) is 4. The van der Waals surface area contributed by atoms with Gasteiger partial charge in [0.25, 0.3) is 0 Å². The van der Waals surface area contributed by atoms with Crippen molar-refractivity contribution < 1.29 is 9.59 Å². The number of anilines is 2. The first-order chi connectivity index (χ1) is 18.5. The lowest BCUT2D eigenvalue weighted by molar-refractivity contribution is -0.119. The van der Waals surface area contributed by atoms with E-state index in [0.29, 0.717) is 34.5 Å². The second-order valence-electron chi connectivity index (χ2n) is 8.59. The van der Waals surface area contributed by atoms with E-state index in [1.165, 1.54) is 0 Å². The summed E-state index contributed by atoms with van der Waals surface area (Å²) >= 11 is 12.1. The van der Waals surface area contributed by atoms with Gasteiger partial charge in [-0.05, 0) is 59.7 Å². The van der Waals surface area contributed by atoms with Gasteiger partial charge < -0.3 is 21.3 Å². The SMILES string of the molecule is O=C(Nc1ccccc1)[C@H](NCCN[C@@H](C(=O)Nc1ccccc1)c1ccc(Cl)cc1)c1ccc(Cl)cc1. The number of para-hydroxylation sites is 2. The van der Waals surface area contributed by atoms with Crippen LogP contribution in [0.2, 0.25) is 10.0 Å². The Balaban J connectivity index is 1.44. The van der Waals surface area contributed by atoms with Crippen LogP contribution < -0.4 is 21.3 Å². The highest BCUT2D eigenvalue weighted by Gasteiger charge is 2.23. The number of carbonyl (C=O) groups is 2. The Morgan fingerprint density at radius 2 is 0.868 bits per heavy atom. The molecule has 4 rings (SSSR count). The van der Waals surface area contributed by atoms with Gasteiger partial charge in [-0.2, -0.15) is 0 Å². The third kappa shape index (κ3) is 7.91. The van der Waals surface area contributed by atoms with Crippen LogP contribution >= 0.6 is 23.2 Å². The number of hydrogen-bond acceptors (Lipinski definition) is 4. The quantitative estimate of drug-likeness (QED) is 0.168. The number of halogens is 2. The highest BCUT2D eigenvalue weighted by molar-refractivity contribution is 6.30. The zero-order valence-electron chi connectivity index (χ0n) is 20.5. The minimum Gasteiger partial charge on any atom is -0.324 e. The van der Waals surface area contributed by atoms with E-state index in [1.54, 1.807) is 24.3 Å². The van der Waals surface area contributed by atoms with Crippen molar-refractivity contribution in [2.75, 3.05) is 23.7 Å². The third-order valence-electron chi connectivity index (χ3n) is 5.84. The zero-order chi connectivity index (χ0) is 26.7. The van der Waals surface area contributed by atoms with E-state index in [9.17, 15) is 9.59 Å². The molecule has 0 saturated carbocycles. The maximum atomic E-state index is 13.2. The zero-order valence-corrected chi connectivity index (χ0v) is 22.0. The van der Waals surface area contributed by atoms with Crippen LogP contribution in [0.4, 0.5) is 11.4 Å². The van der Waals surface area contributed by atoms with Crippen molar-refractivity contribution in [2.45, 2.75) is 12.1 Å². The van der Waals surface area contributed by atoms with Crippen molar-refractivity contribution in [3.63, 3.8) is 0 Å². The second kappa shape index (κ2) is 13.7. The summed E-state index contributed by atoms with van der Waals surface area (Å²) in [7, 11) is 0. The third-order valence-corrected chi connectivity index (χ3v) is 6.34. The van der Waals surface area contributed by atoms with Crippen LogP contribution in [0.25, 0.3) is 0 Å². The van der Waals surface area contributed by atoms with Gasteiger partial charge in [-0.1, -0.05) is 83.9 Å². The summed E-state index contributed by atoms with van der Waals surface area (Å²) < 4.78 is 0. The van der Waals surface area contributed by atoms with E-state index >= 15 is 0 Å². The Morgan fingerprint density at radius 1 is 0.526 bits per heavy atom. The molecule has 2 atom stereocenters. The summed E-state index contributed by atoms with van der Waals surface area (Å²) in [5.41, 5.74) is 2.96. The molecule has 4 aromatic carbocycles. The summed E-state index contributed by atoms with van der Waals surface area (Å²) in [5, 5.41) is 13.7. The normalized spacial score (nSPS) is 12.4.